The summed E-state index contributed by atoms with van der Waals surface area (Å²) in [5.74, 6) is -0.612. The van der Waals surface area contributed by atoms with Crippen LogP contribution < -0.4 is 0 Å². The first-order valence-electron chi connectivity index (χ1n) is 9.94. The fourth-order valence-electron chi connectivity index (χ4n) is 3.10. The molecule has 0 aliphatic heterocycles. The van der Waals surface area contributed by atoms with Gasteiger partial charge in [-0.1, -0.05) is 52.4 Å². The molecular weight excluding hydrogens is 340 g/mol. The molecule has 0 aromatic carbocycles. The van der Waals surface area contributed by atoms with Gasteiger partial charge in [0, 0.05) is 12.2 Å². The van der Waals surface area contributed by atoms with Crippen LogP contribution in [0.1, 0.15) is 97.3 Å². The number of hydrogen-bond donors (Lipinski definition) is 2. The molecule has 150 valence electrons. The SMILES string of the molecule is CCCCCC(O)CCCC(CCCCCCC(=O)O)S(=O)(=O)CC. The van der Waals surface area contributed by atoms with Gasteiger partial charge in [0.1, 0.15) is 0 Å². The van der Waals surface area contributed by atoms with Gasteiger partial charge < -0.3 is 10.2 Å². The van der Waals surface area contributed by atoms with Crippen molar-refractivity contribution >= 4 is 15.8 Å². The Hall–Kier alpha value is -0.620. The predicted molar refractivity (Wildman–Crippen MR) is 103 cm³/mol. The molecule has 0 rings (SSSR count). The van der Waals surface area contributed by atoms with E-state index in [-0.39, 0.29) is 23.5 Å². The molecule has 0 fully saturated rings. The van der Waals surface area contributed by atoms with Gasteiger partial charge in [0.2, 0.25) is 0 Å². The van der Waals surface area contributed by atoms with Gasteiger partial charge in [-0.3, -0.25) is 4.79 Å². The highest BCUT2D eigenvalue weighted by molar-refractivity contribution is 7.91. The van der Waals surface area contributed by atoms with Crippen molar-refractivity contribution in [2.75, 3.05) is 5.75 Å². The fraction of sp³-hybridized carbons (Fsp3) is 0.947. The predicted octanol–water partition coefficient (Wildman–Crippen LogP) is 4.33. The third kappa shape index (κ3) is 13.3. The summed E-state index contributed by atoms with van der Waals surface area (Å²) in [6.45, 7) is 3.82. The zero-order valence-electron chi connectivity index (χ0n) is 16.1. The lowest BCUT2D eigenvalue weighted by Gasteiger charge is -2.18. The van der Waals surface area contributed by atoms with Crippen molar-refractivity contribution in [2.45, 2.75) is 109 Å². The quantitative estimate of drug-likeness (QED) is 0.368. The number of carboxylic acid groups (broad SMARTS) is 1. The van der Waals surface area contributed by atoms with Gasteiger partial charge in [0.05, 0.1) is 11.4 Å². The van der Waals surface area contributed by atoms with Crippen LogP contribution in [0.15, 0.2) is 0 Å². The molecule has 0 heterocycles. The molecule has 2 atom stereocenters. The average Bonchev–Trinajstić information content (AvgIpc) is 2.56. The first kappa shape index (κ1) is 24.4. The van der Waals surface area contributed by atoms with E-state index in [0.717, 1.165) is 51.4 Å². The number of aliphatic hydroxyl groups is 1. The molecule has 6 heteroatoms. The minimum Gasteiger partial charge on any atom is -0.481 e. The molecule has 0 saturated carbocycles. The van der Waals surface area contributed by atoms with Crippen LogP contribution in [-0.2, 0) is 14.6 Å². The largest absolute Gasteiger partial charge is 0.481 e. The Labute approximate surface area is 154 Å². The van der Waals surface area contributed by atoms with Crippen molar-refractivity contribution in [1.29, 1.82) is 0 Å². The molecule has 0 aromatic heterocycles. The van der Waals surface area contributed by atoms with E-state index >= 15 is 0 Å². The molecule has 0 bridgehead atoms. The van der Waals surface area contributed by atoms with Crippen LogP contribution in [-0.4, -0.2) is 41.7 Å². The minimum absolute atomic E-state index is 0.162. The lowest BCUT2D eigenvalue weighted by Crippen LogP contribution is -2.23. The van der Waals surface area contributed by atoms with Gasteiger partial charge in [0.15, 0.2) is 9.84 Å². The highest BCUT2D eigenvalue weighted by atomic mass is 32.2. The lowest BCUT2D eigenvalue weighted by molar-refractivity contribution is -0.137. The maximum absolute atomic E-state index is 12.3. The van der Waals surface area contributed by atoms with Gasteiger partial charge in [-0.2, -0.15) is 0 Å². The van der Waals surface area contributed by atoms with E-state index < -0.39 is 15.8 Å². The Morgan fingerprint density at radius 1 is 0.840 bits per heavy atom. The van der Waals surface area contributed by atoms with E-state index in [9.17, 15) is 18.3 Å². The first-order valence-corrected chi connectivity index (χ1v) is 11.7. The summed E-state index contributed by atoms with van der Waals surface area (Å²) in [4.78, 5) is 10.5. The summed E-state index contributed by atoms with van der Waals surface area (Å²) < 4.78 is 24.5. The van der Waals surface area contributed by atoms with Crippen LogP contribution in [0.5, 0.6) is 0 Å². The van der Waals surface area contributed by atoms with E-state index in [1.54, 1.807) is 6.92 Å². The summed E-state index contributed by atoms with van der Waals surface area (Å²) in [6.07, 6.45) is 9.87. The molecule has 0 aliphatic rings. The van der Waals surface area contributed by atoms with Crippen molar-refractivity contribution < 1.29 is 23.4 Å². The summed E-state index contributed by atoms with van der Waals surface area (Å²) >= 11 is 0. The molecule has 5 nitrogen and oxygen atoms in total. The fourth-order valence-corrected chi connectivity index (χ4v) is 4.62. The number of rotatable bonds is 17. The lowest BCUT2D eigenvalue weighted by atomic mass is 10.0. The Kier molecular flexibility index (Phi) is 14.2. The van der Waals surface area contributed by atoms with Gasteiger partial charge in [-0.05, 0) is 38.5 Å². The van der Waals surface area contributed by atoms with Crippen molar-refractivity contribution in [3.63, 3.8) is 0 Å². The van der Waals surface area contributed by atoms with Crippen LogP contribution in [0, 0.1) is 0 Å². The van der Waals surface area contributed by atoms with Gasteiger partial charge in [-0.15, -0.1) is 0 Å². The molecular formula is C19H38O5S. The number of hydrogen-bond acceptors (Lipinski definition) is 4. The normalized spacial score (nSPS) is 14.4. The Morgan fingerprint density at radius 3 is 2.00 bits per heavy atom. The van der Waals surface area contributed by atoms with Crippen molar-refractivity contribution in [2.24, 2.45) is 0 Å². The summed E-state index contributed by atoms with van der Waals surface area (Å²) in [5.41, 5.74) is 0. The van der Waals surface area contributed by atoms with Crippen LogP contribution in [0.3, 0.4) is 0 Å². The summed E-state index contributed by atoms with van der Waals surface area (Å²) in [6, 6.07) is 0. The zero-order chi connectivity index (χ0) is 19.1. The Morgan fingerprint density at radius 2 is 1.40 bits per heavy atom. The molecule has 0 spiro atoms. The Bertz CT molecular complexity index is 433. The van der Waals surface area contributed by atoms with E-state index in [2.05, 4.69) is 6.92 Å². The topological polar surface area (TPSA) is 91.7 Å². The molecule has 0 saturated heterocycles. The van der Waals surface area contributed by atoms with Gasteiger partial charge in [-0.25, -0.2) is 8.42 Å². The molecule has 2 N–H and O–H groups in total. The molecule has 0 amide bonds. The standard InChI is InChI=1S/C19H38O5S/c1-3-5-8-12-17(20)13-11-15-18(25(23,24)4-2)14-9-6-7-10-16-19(21)22/h17-18,20H,3-16H2,1-2H3,(H,21,22). The zero-order valence-corrected chi connectivity index (χ0v) is 16.9. The number of carbonyl (C=O) groups is 1. The third-order valence-corrected chi connectivity index (χ3v) is 7.07. The van der Waals surface area contributed by atoms with Crippen LogP contribution in [0.2, 0.25) is 0 Å². The van der Waals surface area contributed by atoms with Crippen LogP contribution in [0.4, 0.5) is 0 Å². The maximum Gasteiger partial charge on any atom is 0.303 e. The number of unbranched alkanes of at least 4 members (excludes halogenated alkanes) is 5. The van der Waals surface area contributed by atoms with E-state index in [1.807, 2.05) is 0 Å². The molecule has 25 heavy (non-hydrogen) atoms. The average molecular weight is 379 g/mol. The van der Waals surface area contributed by atoms with Crippen molar-refractivity contribution in [3.8, 4) is 0 Å². The summed E-state index contributed by atoms with van der Waals surface area (Å²) in [7, 11) is -3.06. The smallest absolute Gasteiger partial charge is 0.303 e. The van der Waals surface area contributed by atoms with Crippen LogP contribution >= 0.6 is 0 Å². The number of sulfone groups is 1. The van der Waals surface area contributed by atoms with E-state index in [1.165, 1.54) is 0 Å². The monoisotopic (exact) mass is 378 g/mol. The van der Waals surface area contributed by atoms with Crippen molar-refractivity contribution in [3.05, 3.63) is 0 Å². The van der Waals surface area contributed by atoms with Crippen molar-refractivity contribution in [1.82, 2.24) is 0 Å². The van der Waals surface area contributed by atoms with Gasteiger partial charge >= 0.3 is 5.97 Å². The molecule has 0 radical (unpaired) electrons. The highest BCUT2D eigenvalue weighted by Crippen LogP contribution is 2.20. The van der Waals surface area contributed by atoms with Gasteiger partial charge in [0.25, 0.3) is 0 Å². The number of aliphatic carboxylic acids is 1. The second-order valence-electron chi connectivity index (χ2n) is 7.00. The second kappa shape index (κ2) is 14.5. The van der Waals surface area contributed by atoms with E-state index in [4.69, 9.17) is 5.11 Å². The highest BCUT2D eigenvalue weighted by Gasteiger charge is 2.23. The molecule has 2 unspecified atom stereocenters. The molecule has 0 aliphatic carbocycles. The number of carboxylic acids is 1. The minimum atomic E-state index is -3.06. The first-order chi connectivity index (χ1) is 11.8. The Balaban J connectivity index is 4.13. The maximum atomic E-state index is 12.3. The molecule has 0 aromatic rings. The second-order valence-corrected chi connectivity index (χ2v) is 9.57. The van der Waals surface area contributed by atoms with E-state index in [0.29, 0.717) is 25.7 Å². The van der Waals surface area contributed by atoms with Crippen LogP contribution in [0.25, 0.3) is 0 Å². The summed E-state index contributed by atoms with van der Waals surface area (Å²) in [5, 5.41) is 18.3. The number of aliphatic hydroxyl groups excluding tert-OH is 1. The third-order valence-electron chi connectivity index (χ3n) is 4.78.